The number of rotatable bonds is 8. The Bertz CT molecular complexity index is 720. The van der Waals surface area contributed by atoms with Gasteiger partial charge in [-0.1, -0.05) is 39.0 Å². The number of fused-ring (bicyclic) bond motifs is 1. The molecule has 144 valence electrons. The van der Waals surface area contributed by atoms with Gasteiger partial charge in [-0.15, -0.1) is 0 Å². The molecule has 0 fully saturated rings. The second kappa shape index (κ2) is 8.41. The van der Waals surface area contributed by atoms with Crippen molar-refractivity contribution in [3.8, 4) is 5.75 Å². The molecular formula is C23H35NO2. The summed E-state index contributed by atoms with van der Waals surface area (Å²) < 4.78 is 5.73. The summed E-state index contributed by atoms with van der Waals surface area (Å²) in [6, 6.07) is 12.4. The first kappa shape index (κ1) is 20.7. The predicted molar refractivity (Wildman–Crippen MR) is 111 cm³/mol. The molecule has 2 rings (SSSR count). The molecule has 0 saturated heterocycles. The standard InChI is InChI=1S/C23H35NO2/c1-7-13-26-21-12-10-18-14-20(11-9-19(18)15-21)23(25,8-2)17(3)16-24-22(4,5)6/h9-12,14-15,17,24-25H,7-8,13,16H2,1-6H3. The molecule has 0 aliphatic heterocycles. The third-order valence-corrected chi connectivity index (χ3v) is 5.08. The molecular weight excluding hydrogens is 322 g/mol. The fraction of sp³-hybridized carbons (Fsp3) is 0.565. The molecule has 0 radical (unpaired) electrons. The van der Waals surface area contributed by atoms with E-state index in [4.69, 9.17) is 4.74 Å². The minimum atomic E-state index is -0.843. The van der Waals surface area contributed by atoms with Gasteiger partial charge in [0.1, 0.15) is 5.75 Å². The zero-order valence-electron chi connectivity index (χ0n) is 17.2. The van der Waals surface area contributed by atoms with Gasteiger partial charge in [0, 0.05) is 18.0 Å². The molecule has 0 aromatic heterocycles. The van der Waals surface area contributed by atoms with Crippen molar-refractivity contribution in [3.63, 3.8) is 0 Å². The van der Waals surface area contributed by atoms with Crippen molar-refractivity contribution in [1.82, 2.24) is 5.32 Å². The van der Waals surface area contributed by atoms with E-state index in [9.17, 15) is 5.11 Å². The van der Waals surface area contributed by atoms with Crippen LogP contribution in [0.2, 0.25) is 0 Å². The zero-order valence-corrected chi connectivity index (χ0v) is 17.2. The molecule has 0 bridgehead atoms. The van der Waals surface area contributed by atoms with E-state index in [-0.39, 0.29) is 11.5 Å². The Balaban J connectivity index is 2.27. The molecule has 26 heavy (non-hydrogen) atoms. The van der Waals surface area contributed by atoms with Crippen LogP contribution in [0, 0.1) is 5.92 Å². The average molecular weight is 358 g/mol. The van der Waals surface area contributed by atoms with E-state index in [0.717, 1.165) is 41.7 Å². The van der Waals surface area contributed by atoms with Crippen LogP contribution in [-0.2, 0) is 5.60 Å². The zero-order chi connectivity index (χ0) is 19.4. The Morgan fingerprint density at radius 3 is 2.31 bits per heavy atom. The molecule has 3 nitrogen and oxygen atoms in total. The predicted octanol–water partition coefficient (Wildman–Crippen LogP) is 5.25. The van der Waals surface area contributed by atoms with Gasteiger partial charge in [-0.25, -0.2) is 0 Å². The van der Waals surface area contributed by atoms with Crippen LogP contribution < -0.4 is 10.1 Å². The molecule has 0 amide bonds. The van der Waals surface area contributed by atoms with Gasteiger partial charge in [-0.2, -0.15) is 0 Å². The highest BCUT2D eigenvalue weighted by Gasteiger charge is 2.34. The Labute approximate surface area is 158 Å². The fourth-order valence-electron chi connectivity index (χ4n) is 3.27. The van der Waals surface area contributed by atoms with Crippen LogP contribution in [0.5, 0.6) is 5.75 Å². The molecule has 0 saturated carbocycles. The van der Waals surface area contributed by atoms with Crippen LogP contribution in [0.4, 0.5) is 0 Å². The number of hydrogen-bond acceptors (Lipinski definition) is 3. The topological polar surface area (TPSA) is 41.5 Å². The molecule has 2 aromatic rings. The van der Waals surface area contributed by atoms with Crippen molar-refractivity contribution in [2.75, 3.05) is 13.2 Å². The van der Waals surface area contributed by atoms with Crippen LogP contribution in [-0.4, -0.2) is 23.8 Å². The van der Waals surface area contributed by atoms with E-state index in [0.29, 0.717) is 6.42 Å². The van der Waals surface area contributed by atoms with Crippen LogP contribution in [0.15, 0.2) is 36.4 Å². The van der Waals surface area contributed by atoms with Gasteiger partial charge < -0.3 is 15.2 Å². The average Bonchev–Trinajstić information content (AvgIpc) is 2.62. The summed E-state index contributed by atoms with van der Waals surface area (Å²) in [5.41, 5.74) is 0.184. The summed E-state index contributed by atoms with van der Waals surface area (Å²) >= 11 is 0. The summed E-state index contributed by atoms with van der Waals surface area (Å²) in [6.45, 7) is 14.2. The number of ether oxygens (including phenoxy) is 1. The van der Waals surface area contributed by atoms with Crippen LogP contribution in [0.25, 0.3) is 10.8 Å². The molecule has 2 N–H and O–H groups in total. The quantitative estimate of drug-likeness (QED) is 0.678. The summed E-state index contributed by atoms with van der Waals surface area (Å²) in [6.07, 6.45) is 1.68. The van der Waals surface area contributed by atoms with Gasteiger partial charge in [-0.3, -0.25) is 0 Å². The first-order valence-corrected chi connectivity index (χ1v) is 9.84. The third kappa shape index (κ3) is 4.99. The SMILES string of the molecule is CCCOc1ccc2cc(C(O)(CC)C(C)CNC(C)(C)C)ccc2c1. The fourth-order valence-corrected chi connectivity index (χ4v) is 3.27. The normalized spacial score (nSPS) is 15.7. The highest BCUT2D eigenvalue weighted by Crippen LogP contribution is 2.35. The second-order valence-electron chi connectivity index (χ2n) is 8.38. The number of benzene rings is 2. The van der Waals surface area contributed by atoms with Crippen LogP contribution in [0.3, 0.4) is 0 Å². The Morgan fingerprint density at radius 1 is 1.04 bits per heavy atom. The molecule has 2 atom stereocenters. The Hall–Kier alpha value is -1.58. The van der Waals surface area contributed by atoms with E-state index >= 15 is 0 Å². The Kier molecular flexibility index (Phi) is 6.70. The maximum Gasteiger partial charge on any atom is 0.119 e. The number of aliphatic hydroxyl groups is 1. The van der Waals surface area contributed by atoms with E-state index in [1.54, 1.807) is 0 Å². The Morgan fingerprint density at radius 2 is 1.69 bits per heavy atom. The summed E-state index contributed by atoms with van der Waals surface area (Å²) in [4.78, 5) is 0. The molecule has 2 aromatic carbocycles. The van der Waals surface area contributed by atoms with Crippen molar-refractivity contribution in [1.29, 1.82) is 0 Å². The lowest BCUT2D eigenvalue weighted by Gasteiger charge is -2.36. The lowest BCUT2D eigenvalue weighted by Crippen LogP contribution is -2.45. The summed E-state index contributed by atoms with van der Waals surface area (Å²) in [5.74, 6) is 1.01. The van der Waals surface area contributed by atoms with Gasteiger partial charge in [0.05, 0.1) is 12.2 Å². The van der Waals surface area contributed by atoms with Gasteiger partial charge in [0.2, 0.25) is 0 Å². The van der Waals surface area contributed by atoms with Crippen molar-refractivity contribution >= 4 is 10.8 Å². The number of hydrogen-bond donors (Lipinski definition) is 2. The van der Waals surface area contributed by atoms with E-state index in [1.807, 2.05) is 6.07 Å². The highest BCUT2D eigenvalue weighted by molar-refractivity contribution is 5.84. The minimum Gasteiger partial charge on any atom is -0.494 e. The van der Waals surface area contributed by atoms with Crippen LogP contribution in [0.1, 0.15) is 59.9 Å². The lowest BCUT2D eigenvalue weighted by molar-refractivity contribution is -0.0221. The molecule has 0 aliphatic carbocycles. The molecule has 2 unspecified atom stereocenters. The summed E-state index contributed by atoms with van der Waals surface area (Å²) in [7, 11) is 0. The molecule has 0 spiro atoms. The monoisotopic (exact) mass is 357 g/mol. The second-order valence-corrected chi connectivity index (χ2v) is 8.38. The van der Waals surface area contributed by atoms with Crippen molar-refractivity contribution in [2.24, 2.45) is 5.92 Å². The van der Waals surface area contributed by atoms with Gasteiger partial charge >= 0.3 is 0 Å². The largest absolute Gasteiger partial charge is 0.494 e. The van der Waals surface area contributed by atoms with Crippen molar-refractivity contribution < 1.29 is 9.84 Å². The third-order valence-electron chi connectivity index (χ3n) is 5.08. The first-order chi connectivity index (χ1) is 12.2. The molecule has 3 heteroatoms. The van der Waals surface area contributed by atoms with E-state index < -0.39 is 5.60 Å². The first-order valence-electron chi connectivity index (χ1n) is 9.84. The number of nitrogens with one attached hydrogen (secondary N) is 1. The maximum absolute atomic E-state index is 11.4. The van der Waals surface area contributed by atoms with E-state index in [2.05, 4.69) is 77.2 Å². The molecule has 0 aliphatic rings. The van der Waals surface area contributed by atoms with Crippen molar-refractivity contribution in [2.45, 2.75) is 65.5 Å². The molecule has 0 heterocycles. The summed E-state index contributed by atoms with van der Waals surface area (Å²) in [5, 5.41) is 17.2. The maximum atomic E-state index is 11.4. The van der Waals surface area contributed by atoms with Gasteiger partial charge in [0.15, 0.2) is 0 Å². The van der Waals surface area contributed by atoms with Crippen molar-refractivity contribution in [3.05, 3.63) is 42.0 Å². The van der Waals surface area contributed by atoms with E-state index in [1.165, 1.54) is 0 Å². The smallest absolute Gasteiger partial charge is 0.119 e. The highest BCUT2D eigenvalue weighted by atomic mass is 16.5. The van der Waals surface area contributed by atoms with Gasteiger partial charge in [-0.05, 0) is 68.1 Å². The van der Waals surface area contributed by atoms with Gasteiger partial charge in [0.25, 0.3) is 0 Å². The lowest BCUT2D eigenvalue weighted by atomic mass is 9.79. The minimum absolute atomic E-state index is 0.0428. The van der Waals surface area contributed by atoms with Crippen LogP contribution >= 0.6 is 0 Å².